The van der Waals surface area contributed by atoms with Crippen LogP contribution in [0.15, 0.2) is 59.5 Å². The van der Waals surface area contributed by atoms with E-state index in [-0.39, 0.29) is 21.8 Å². The number of rotatable bonds is 4. The predicted octanol–water partition coefficient (Wildman–Crippen LogP) is 4.01. The first kappa shape index (κ1) is 21.6. The van der Waals surface area contributed by atoms with Crippen LogP contribution < -0.4 is 10.5 Å². The van der Waals surface area contributed by atoms with Crippen molar-refractivity contribution in [1.82, 2.24) is 4.57 Å². The third-order valence-electron chi connectivity index (χ3n) is 4.55. The number of nitrogens with one attached hydrogen (secondary N) is 1. The van der Waals surface area contributed by atoms with Crippen LogP contribution >= 0.6 is 0 Å². The molecule has 1 heterocycles. The van der Waals surface area contributed by atoms with Gasteiger partial charge in [0.15, 0.2) is 0 Å². The monoisotopic (exact) mass is 437 g/mol. The Kier molecular flexibility index (Phi) is 5.48. The number of hydrogen-bond donors (Lipinski definition) is 2. The van der Waals surface area contributed by atoms with E-state index in [1.165, 1.54) is 60.0 Å². The molecule has 0 bridgehead atoms. The highest BCUT2D eigenvalue weighted by molar-refractivity contribution is 7.89. The van der Waals surface area contributed by atoms with Gasteiger partial charge in [-0.1, -0.05) is 18.2 Å². The van der Waals surface area contributed by atoms with Crippen LogP contribution in [0, 0.1) is 13.8 Å². The van der Waals surface area contributed by atoms with Crippen LogP contribution in [0.1, 0.15) is 27.3 Å². The maximum absolute atomic E-state index is 13.4. The summed E-state index contributed by atoms with van der Waals surface area (Å²) >= 11 is 0. The van der Waals surface area contributed by atoms with E-state index >= 15 is 0 Å². The highest BCUT2D eigenvalue weighted by Gasteiger charge is 2.34. The summed E-state index contributed by atoms with van der Waals surface area (Å²) in [5.74, 6) is -0.592. The number of benzene rings is 2. The Morgan fingerprint density at radius 1 is 1.03 bits per heavy atom. The number of aryl methyl sites for hydroxylation is 1. The highest BCUT2D eigenvalue weighted by Crippen LogP contribution is 2.35. The maximum Gasteiger partial charge on any atom is 0.418 e. The van der Waals surface area contributed by atoms with Gasteiger partial charge >= 0.3 is 6.18 Å². The number of hydrogen-bond acceptors (Lipinski definition) is 3. The number of amides is 1. The van der Waals surface area contributed by atoms with Crippen LogP contribution in [0.3, 0.4) is 0 Å². The molecule has 1 amide bonds. The molecule has 0 saturated carbocycles. The normalized spacial score (nSPS) is 12.1. The molecule has 3 aromatic rings. The van der Waals surface area contributed by atoms with Gasteiger partial charge in [0.2, 0.25) is 10.0 Å². The smallest absolute Gasteiger partial charge is 0.322 e. The highest BCUT2D eigenvalue weighted by atomic mass is 32.2. The Morgan fingerprint density at radius 3 is 2.33 bits per heavy atom. The van der Waals surface area contributed by atoms with E-state index in [0.717, 1.165) is 6.07 Å². The lowest BCUT2D eigenvalue weighted by molar-refractivity contribution is -0.137. The minimum atomic E-state index is -4.56. The number of aromatic nitrogens is 1. The number of anilines is 1. The van der Waals surface area contributed by atoms with Crippen LogP contribution in [0.25, 0.3) is 5.69 Å². The molecule has 0 atom stereocenters. The van der Waals surface area contributed by atoms with Gasteiger partial charge < -0.3 is 9.88 Å². The van der Waals surface area contributed by atoms with Crippen LogP contribution in [0.5, 0.6) is 0 Å². The van der Waals surface area contributed by atoms with E-state index in [1.54, 1.807) is 6.92 Å². The summed E-state index contributed by atoms with van der Waals surface area (Å²) in [5.41, 5.74) is 0.185. The number of para-hydroxylation sites is 1. The van der Waals surface area contributed by atoms with Crippen LogP contribution in [0.2, 0.25) is 0 Å². The van der Waals surface area contributed by atoms with Gasteiger partial charge in [-0.25, -0.2) is 13.6 Å². The number of primary sulfonamides is 1. The quantitative estimate of drug-likeness (QED) is 0.646. The molecule has 3 rings (SSSR count). The molecule has 0 aliphatic carbocycles. The fraction of sp³-hybridized carbons (Fsp3) is 0.150. The van der Waals surface area contributed by atoms with Gasteiger partial charge in [-0.3, -0.25) is 4.79 Å². The Morgan fingerprint density at radius 2 is 1.70 bits per heavy atom. The lowest BCUT2D eigenvalue weighted by Crippen LogP contribution is -2.16. The minimum Gasteiger partial charge on any atom is -0.322 e. The molecule has 2 aromatic carbocycles. The number of alkyl halides is 3. The Balaban J connectivity index is 2.01. The summed E-state index contributed by atoms with van der Waals surface area (Å²) in [5, 5.41) is 7.65. The van der Waals surface area contributed by atoms with Crippen LogP contribution in [0.4, 0.5) is 18.9 Å². The van der Waals surface area contributed by atoms with Gasteiger partial charge in [-0.15, -0.1) is 0 Å². The minimum absolute atomic E-state index is 0.0877. The zero-order valence-corrected chi connectivity index (χ0v) is 16.8. The molecule has 30 heavy (non-hydrogen) atoms. The zero-order valence-electron chi connectivity index (χ0n) is 16.0. The number of nitrogens with zero attached hydrogens (tertiary/aromatic N) is 1. The van der Waals surface area contributed by atoms with Crippen molar-refractivity contribution in [2.24, 2.45) is 5.14 Å². The maximum atomic E-state index is 13.4. The molecule has 0 unspecified atom stereocenters. The summed E-state index contributed by atoms with van der Waals surface area (Å²) in [4.78, 5) is 12.6. The van der Waals surface area contributed by atoms with Crippen molar-refractivity contribution in [3.63, 3.8) is 0 Å². The number of halogens is 3. The van der Waals surface area contributed by atoms with Crippen molar-refractivity contribution in [3.05, 3.63) is 77.1 Å². The van der Waals surface area contributed by atoms with Crippen LogP contribution in [-0.4, -0.2) is 18.9 Å². The first-order valence-corrected chi connectivity index (χ1v) is 10.2. The van der Waals surface area contributed by atoms with Crippen molar-refractivity contribution in [2.45, 2.75) is 24.9 Å². The second-order valence-electron chi connectivity index (χ2n) is 6.66. The third kappa shape index (κ3) is 4.24. The van der Waals surface area contributed by atoms with Gasteiger partial charge in [0.25, 0.3) is 5.91 Å². The van der Waals surface area contributed by atoms with Gasteiger partial charge in [0.05, 0.1) is 21.7 Å². The first-order valence-electron chi connectivity index (χ1n) is 8.69. The first-order chi connectivity index (χ1) is 13.9. The lowest BCUT2D eigenvalue weighted by Gasteiger charge is -2.16. The summed E-state index contributed by atoms with van der Waals surface area (Å²) in [7, 11) is -3.95. The van der Waals surface area contributed by atoms with Crippen LogP contribution in [-0.2, 0) is 16.2 Å². The molecule has 3 N–H and O–H groups in total. The third-order valence-corrected chi connectivity index (χ3v) is 5.46. The zero-order chi connectivity index (χ0) is 22.3. The SMILES string of the molecule is Cc1cc(C(=O)Nc2cccc(S(N)(=O)=O)c2)c(C)n1-c1ccccc1C(F)(F)F. The average molecular weight is 437 g/mol. The molecule has 1 aromatic heterocycles. The summed E-state index contributed by atoms with van der Waals surface area (Å²) < 4.78 is 64.6. The number of nitrogens with two attached hydrogens (primary N) is 1. The van der Waals surface area contributed by atoms with Crippen molar-refractivity contribution >= 4 is 21.6 Å². The van der Waals surface area contributed by atoms with E-state index in [2.05, 4.69) is 5.32 Å². The molecular weight excluding hydrogens is 419 g/mol. The lowest BCUT2D eigenvalue weighted by atomic mass is 10.1. The number of sulfonamides is 1. The molecule has 0 fully saturated rings. The number of carbonyl (C=O) groups excluding carboxylic acids is 1. The Hall–Kier alpha value is -3.11. The molecule has 0 spiro atoms. The molecule has 6 nitrogen and oxygen atoms in total. The second-order valence-corrected chi connectivity index (χ2v) is 8.22. The van der Waals surface area contributed by atoms with Gasteiger partial charge in [0.1, 0.15) is 0 Å². The summed E-state index contributed by atoms with van der Waals surface area (Å²) in [6, 6.07) is 11.9. The van der Waals surface area contributed by atoms with E-state index in [4.69, 9.17) is 5.14 Å². The van der Waals surface area contributed by atoms with E-state index in [9.17, 15) is 26.4 Å². The molecule has 158 valence electrons. The fourth-order valence-corrected chi connectivity index (χ4v) is 3.78. The Bertz CT molecular complexity index is 1230. The average Bonchev–Trinajstić information content (AvgIpc) is 2.95. The van der Waals surface area contributed by atoms with Gasteiger partial charge in [0, 0.05) is 17.1 Å². The Labute approximate surface area is 171 Å². The van der Waals surface area contributed by atoms with Crippen molar-refractivity contribution in [3.8, 4) is 5.69 Å². The van der Waals surface area contributed by atoms with E-state index in [0.29, 0.717) is 11.4 Å². The van der Waals surface area contributed by atoms with Crippen molar-refractivity contribution in [1.29, 1.82) is 0 Å². The van der Waals surface area contributed by atoms with Crippen molar-refractivity contribution < 1.29 is 26.4 Å². The van der Waals surface area contributed by atoms with E-state index in [1.807, 2.05) is 0 Å². The fourth-order valence-electron chi connectivity index (χ4n) is 3.22. The molecule has 0 saturated heterocycles. The largest absolute Gasteiger partial charge is 0.418 e. The molecular formula is C20H18F3N3O3S. The summed E-state index contributed by atoms with van der Waals surface area (Å²) in [6.07, 6.45) is -4.56. The van der Waals surface area contributed by atoms with Gasteiger partial charge in [-0.05, 0) is 50.2 Å². The molecule has 0 radical (unpaired) electrons. The second kappa shape index (κ2) is 7.62. The van der Waals surface area contributed by atoms with E-state index < -0.39 is 27.7 Å². The predicted molar refractivity (Wildman–Crippen MR) is 106 cm³/mol. The molecule has 10 heteroatoms. The number of carbonyl (C=O) groups is 1. The topological polar surface area (TPSA) is 94.2 Å². The molecule has 0 aliphatic heterocycles. The summed E-state index contributed by atoms with van der Waals surface area (Å²) in [6.45, 7) is 3.13. The standard InChI is InChI=1S/C20H18F3N3O3S/c1-12-10-16(19(27)25-14-6-5-7-15(11-14)30(24,28)29)13(2)26(12)18-9-4-3-8-17(18)20(21,22)23/h3-11H,1-2H3,(H,25,27)(H2,24,28,29). The van der Waals surface area contributed by atoms with Gasteiger partial charge in [-0.2, -0.15) is 13.2 Å². The molecule has 0 aliphatic rings. The van der Waals surface area contributed by atoms with Crippen molar-refractivity contribution in [2.75, 3.05) is 5.32 Å².